The van der Waals surface area contributed by atoms with Gasteiger partial charge in [0.05, 0.1) is 17.0 Å². The molecule has 0 aliphatic carbocycles. The van der Waals surface area contributed by atoms with Crippen LogP contribution in [0.1, 0.15) is 28.5 Å². The zero-order valence-corrected chi connectivity index (χ0v) is 14.4. The quantitative estimate of drug-likeness (QED) is 0.497. The summed E-state index contributed by atoms with van der Waals surface area (Å²) < 4.78 is 1.44. The number of amides is 1. The number of para-hydroxylation sites is 1. The van der Waals surface area contributed by atoms with Crippen molar-refractivity contribution in [1.29, 1.82) is 0 Å². The number of aryl methyl sites for hydroxylation is 1. The van der Waals surface area contributed by atoms with Crippen LogP contribution in [0.15, 0.2) is 64.5 Å². The molecule has 0 aliphatic heterocycles. The monoisotopic (exact) mass is 350 g/mol. The van der Waals surface area contributed by atoms with Gasteiger partial charge in [-0.15, -0.1) is 0 Å². The molecule has 0 atom stereocenters. The van der Waals surface area contributed by atoms with E-state index >= 15 is 0 Å². The number of hydrogen-bond acceptors (Lipinski definition) is 4. The van der Waals surface area contributed by atoms with Crippen LogP contribution in [0.3, 0.4) is 0 Å². The first-order valence-corrected chi connectivity index (χ1v) is 7.98. The molecule has 0 unspecified atom stereocenters. The van der Waals surface area contributed by atoms with Crippen molar-refractivity contribution in [2.45, 2.75) is 13.8 Å². The maximum Gasteiger partial charge on any atom is 0.280 e. The second kappa shape index (κ2) is 7.10. The maximum atomic E-state index is 12.7. The van der Waals surface area contributed by atoms with Gasteiger partial charge in [-0.1, -0.05) is 18.2 Å². The minimum absolute atomic E-state index is 0.0747. The molecule has 0 saturated heterocycles. The number of H-pyrrole nitrogens is 1. The number of phenols is 1. The first-order chi connectivity index (χ1) is 12.5. The molecule has 26 heavy (non-hydrogen) atoms. The first-order valence-electron chi connectivity index (χ1n) is 7.98. The molecule has 3 rings (SSSR count). The number of nitrogens with one attached hydrogen (secondary N) is 2. The lowest BCUT2D eigenvalue weighted by Gasteiger charge is -2.02. The molecule has 2 aromatic carbocycles. The largest absolute Gasteiger partial charge is 0.508 e. The van der Waals surface area contributed by atoms with Gasteiger partial charge in [0, 0.05) is 11.3 Å². The summed E-state index contributed by atoms with van der Waals surface area (Å²) in [5.41, 5.74) is 4.70. The Morgan fingerprint density at radius 2 is 1.77 bits per heavy atom. The van der Waals surface area contributed by atoms with Crippen molar-refractivity contribution >= 4 is 11.6 Å². The number of aromatic hydroxyl groups is 1. The van der Waals surface area contributed by atoms with Gasteiger partial charge in [0.15, 0.2) is 0 Å². The first kappa shape index (κ1) is 17.2. The highest BCUT2D eigenvalue weighted by Crippen LogP contribution is 2.10. The van der Waals surface area contributed by atoms with Crippen molar-refractivity contribution in [1.82, 2.24) is 15.2 Å². The minimum atomic E-state index is -0.430. The van der Waals surface area contributed by atoms with Gasteiger partial charge >= 0.3 is 0 Å². The predicted molar refractivity (Wildman–Crippen MR) is 98.9 cm³/mol. The normalized spacial score (nSPS) is 11.4. The molecule has 0 fully saturated rings. The van der Waals surface area contributed by atoms with Gasteiger partial charge in [0.1, 0.15) is 5.75 Å². The number of aromatic amines is 1. The van der Waals surface area contributed by atoms with E-state index in [1.807, 2.05) is 30.3 Å². The molecule has 3 N–H and O–H groups in total. The van der Waals surface area contributed by atoms with Crippen molar-refractivity contribution in [3.05, 3.63) is 81.8 Å². The highest BCUT2D eigenvalue weighted by atomic mass is 16.3. The SMILES string of the molecule is C/C(=N\NC(=O)c1ccc(O)cc1)c1c(C)[nH]n(-c2ccccc2)c1=O. The third kappa shape index (κ3) is 3.41. The van der Waals surface area contributed by atoms with Crippen LogP contribution in [-0.2, 0) is 0 Å². The summed E-state index contributed by atoms with van der Waals surface area (Å²) in [6.45, 7) is 3.43. The lowest BCUT2D eigenvalue weighted by Crippen LogP contribution is -2.23. The molecule has 0 aliphatic rings. The molecule has 7 heteroatoms. The molecule has 0 radical (unpaired) electrons. The number of hydrogen-bond donors (Lipinski definition) is 3. The van der Waals surface area contributed by atoms with Gasteiger partial charge in [-0.05, 0) is 50.2 Å². The molecule has 132 valence electrons. The van der Waals surface area contributed by atoms with Gasteiger partial charge in [0.2, 0.25) is 0 Å². The Hall–Kier alpha value is -3.61. The number of rotatable bonds is 4. The summed E-state index contributed by atoms with van der Waals surface area (Å²) in [7, 11) is 0. The lowest BCUT2D eigenvalue weighted by atomic mass is 10.2. The Morgan fingerprint density at radius 3 is 2.42 bits per heavy atom. The van der Waals surface area contributed by atoms with Crippen LogP contribution in [-0.4, -0.2) is 26.5 Å². The Kier molecular flexibility index (Phi) is 4.70. The third-order valence-electron chi connectivity index (χ3n) is 3.90. The zero-order chi connectivity index (χ0) is 18.7. The van der Waals surface area contributed by atoms with Crippen molar-refractivity contribution < 1.29 is 9.90 Å². The number of hydrazone groups is 1. The van der Waals surface area contributed by atoms with Crippen LogP contribution in [0.25, 0.3) is 5.69 Å². The van der Waals surface area contributed by atoms with E-state index in [9.17, 15) is 14.7 Å². The van der Waals surface area contributed by atoms with Crippen LogP contribution in [0.5, 0.6) is 5.75 Å². The fraction of sp³-hybridized carbons (Fsp3) is 0.105. The summed E-state index contributed by atoms with van der Waals surface area (Å²) in [6.07, 6.45) is 0. The Morgan fingerprint density at radius 1 is 1.12 bits per heavy atom. The predicted octanol–water partition coefficient (Wildman–Crippen LogP) is 2.33. The van der Waals surface area contributed by atoms with Crippen LogP contribution in [0.2, 0.25) is 0 Å². The van der Waals surface area contributed by atoms with E-state index in [4.69, 9.17) is 0 Å². The number of carbonyl (C=O) groups excluding carboxylic acids is 1. The van der Waals surface area contributed by atoms with E-state index in [2.05, 4.69) is 15.6 Å². The summed E-state index contributed by atoms with van der Waals surface area (Å²) in [5, 5.41) is 16.3. The molecule has 1 amide bonds. The van der Waals surface area contributed by atoms with Gasteiger partial charge in [-0.25, -0.2) is 10.1 Å². The third-order valence-corrected chi connectivity index (χ3v) is 3.90. The molecular weight excluding hydrogens is 332 g/mol. The molecule has 3 aromatic rings. The standard InChI is InChI=1S/C19H18N4O3/c1-12(20-21-18(25)14-8-10-16(24)11-9-14)17-13(2)22-23(19(17)26)15-6-4-3-5-7-15/h3-11,22,24H,1-2H3,(H,21,25)/b20-12+. The minimum Gasteiger partial charge on any atom is -0.508 e. The number of carbonyl (C=O) groups is 1. The van der Waals surface area contributed by atoms with Crippen molar-refractivity contribution in [2.24, 2.45) is 5.10 Å². The summed E-state index contributed by atoms with van der Waals surface area (Å²) in [4.78, 5) is 24.8. The molecule has 0 bridgehead atoms. The summed E-state index contributed by atoms with van der Waals surface area (Å²) >= 11 is 0. The van der Waals surface area contributed by atoms with E-state index in [-0.39, 0.29) is 11.3 Å². The van der Waals surface area contributed by atoms with Gasteiger partial charge in [-0.2, -0.15) is 5.10 Å². The fourth-order valence-corrected chi connectivity index (χ4v) is 2.60. The number of phenolic OH excluding ortho intramolecular Hbond substituents is 1. The second-order valence-electron chi connectivity index (χ2n) is 5.77. The second-order valence-corrected chi connectivity index (χ2v) is 5.77. The van der Waals surface area contributed by atoms with Crippen LogP contribution in [0.4, 0.5) is 0 Å². The Bertz CT molecular complexity index is 1020. The molecular formula is C19H18N4O3. The zero-order valence-electron chi connectivity index (χ0n) is 14.4. The van der Waals surface area contributed by atoms with E-state index < -0.39 is 5.91 Å². The molecule has 0 spiro atoms. The van der Waals surface area contributed by atoms with Gasteiger partial charge in [0.25, 0.3) is 11.5 Å². The van der Waals surface area contributed by atoms with Crippen molar-refractivity contribution in [3.63, 3.8) is 0 Å². The molecule has 0 saturated carbocycles. The average Bonchev–Trinajstić information content (AvgIpc) is 2.95. The molecule has 1 aromatic heterocycles. The van der Waals surface area contributed by atoms with Gasteiger partial charge in [-0.3, -0.25) is 14.7 Å². The fourth-order valence-electron chi connectivity index (χ4n) is 2.60. The molecule has 1 heterocycles. The van der Waals surface area contributed by atoms with E-state index in [0.717, 1.165) is 0 Å². The Labute approximate surface area is 149 Å². The summed E-state index contributed by atoms with van der Waals surface area (Å²) in [5.74, 6) is -0.355. The lowest BCUT2D eigenvalue weighted by molar-refractivity contribution is 0.0955. The summed E-state index contributed by atoms with van der Waals surface area (Å²) in [6, 6.07) is 15.0. The number of aromatic nitrogens is 2. The maximum absolute atomic E-state index is 12.7. The van der Waals surface area contributed by atoms with Crippen LogP contribution >= 0.6 is 0 Å². The average molecular weight is 350 g/mol. The highest BCUT2D eigenvalue weighted by molar-refractivity contribution is 6.01. The van der Waals surface area contributed by atoms with E-state index in [1.165, 1.54) is 28.9 Å². The Balaban J connectivity index is 1.86. The highest BCUT2D eigenvalue weighted by Gasteiger charge is 2.15. The van der Waals surface area contributed by atoms with Crippen molar-refractivity contribution in [2.75, 3.05) is 0 Å². The molecule has 7 nitrogen and oxygen atoms in total. The van der Waals surface area contributed by atoms with Crippen molar-refractivity contribution in [3.8, 4) is 11.4 Å². The van der Waals surface area contributed by atoms with E-state index in [0.29, 0.717) is 28.2 Å². The van der Waals surface area contributed by atoms with Gasteiger partial charge < -0.3 is 5.11 Å². The van der Waals surface area contributed by atoms with Crippen LogP contribution in [0, 0.1) is 6.92 Å². The number of benzene rings is 2. The van der Waals surface area contributed by atoms with E-state index in [1.54, 1.807) is 13.8 Å². The van der Waals surface area contributed by atoms with Crippen LogP contribution < -0.4 is 11.0 Å². The smallest absolute Gasteiger partial charge is 0.280 e. The topological polar surface area (TPSA) is 99.5 Å². The number of nitrogens with zero attached hydrogens (tertiary/aromatic N) is 2.